The lowest BCUT2D eigenvalue weighted by Crippen LogP contribution is -2.32. The van der Waals surface area contributed by atoms with E-state index in [1.807, 2.05) is 73.7 Å². The summed E-state index contributed by atoms with van der Waals surface area (Å²) in [5.41, 5.74) is 4.73. The number of nitrogens with zero attached hydrogens (tertiary/aromatic N) is 1. The number of nitrogens with one attached hydrogen (secondary N) is 2. The Bertz CT molecular complexity index is 1220. The Morgan fingerprint density at radius 3 is 2.55 bits per heavy atom. The molecule has 156 valence electrons. The summed E-state index contributed by atoms with van der Waals surface area (Å²) in [5.74, 6) is 0.999. The fourth-order valence-corrected chi connectivity index (χ4v) is 3.89. The van der Waals surface area contributed by atoms with Gasteiger partial charge in [-0.15, -0.1) is 0 Å². The number of carbonyl (C=O) groups is 1. The Labute approximate surface area is 180 Å². The van der Waals surface area contributed by atoms with Gasteiger partial charge in [0.05, 0.1) is 29.3 Å². The highest BCUT2D eigenvalue weighted by molar-refractivity contribution is 5.84. The van der Waals surface area contributed by atoms with E-state index in [-0.39, 0.29) is 17.9 Å². The molecule has 3 aromatic carbocycles. The van der Waals surface area contributed by atoms with Crippen LogP contribution in [0, 0.1) is 0 Å². The number of aromatic nitrogens is 2. The lowest BCUT2D eigenvalue weighted by Gasteiger charge is -2.23. The van der Waals surface area contributed by atoms with E-state index in [4.69, 9.17) is 9.47 Å². The molecule has 1 amide bonds. The molecule has 6 heteroatoms. The molecule has 0 spiro atoms. The van der Waals surface area contributed by atoms with E-state index < -0.39 is 0 Å². The van der Waals surface area contributed by atoms with E-state index in [0.717, 1.165) is 33.5 Å². The molecule has 2 heterocycles. The van der Waals surface area contributed by atoms with Gasteiger partial charge in [-0.1, -0.05) is 42.5 Å². The van der Waals surface area contributed by atoms with Crippen LogP contribution in [0.2, 0.25) is 0 Å². The average Bonchev–Trinajstić information content (AvgIpc) is 3.30. The molecule has 0 saturated carbocycles. The summed E-state index contributed by atoms with van der Waals surface area (Å²) in [6.45, 7) is 2.96. The van der Waals surface area contributed by atoms with Gasteiger partial charge in [0.2, 0.25) is 5.91 Å². The van der Waals surface area contributed by atoms with Crippen LogP contribution < -0.4 is 14.8 Å². The van der Waals surface area contributed by atoms with Crippen molar-refractivity contribution in [2.75, 3.05) is 13.2 Å². The molecule has 0 bridgehead atoms. The van der Waals surface area contributed by atoms with Crippen molar-refractivity contribution in [3.05, 3.63) is 89.7 Å². The number of amides is 1. The number of imidazole rings is 1. The second-order valence-corrected chi connectivity index (χ2v) is 7.66. The van der Waals surface area contributed by atoms with Crippen LogP contribution in [0.3, 0.4) is 0 Å². The van der Waals surface area contributed by atoms with Crippen LogP contribution in [0.15, 0.2) is 73.1 Å². The van der Waals surface area contributed by atoms with E-state index in [1.54, 1.807) is 6.33 Å². The summed E-state index contributed by atoms with van der Waals surface area (Å²) >= 11 is 0. The zero-order valence-electron chi connectivity index (χ0n) is 17.2. The summed E-state index contributed by atoms with van der Waals surface area (Å²) in [6.07, 6.45) is 1.68. The third-order valence-corrected chi connectivity index (χ3v) is 5.66. The first-order valence-corrected chi connectivity index (χ1v) is 10.4. The Balaban J connectivity index is 1.44. The Morgan fingerprint density at radius 1 is 0.935 bits per heavy atom. The van der Waals surface area contributed by atoms with Crippen molar-refractivity contribution in [1.82, 2.24) is 15.3 Å². The topological polar surface area (TPSA) is 76.2 Å². The molecule has 2 unspecified atom stereocenters. The molecule has 0 fully saturated rings. The van der Waals surface area contributed by atoms with Crippen LogP contribution in [-0.2, 0) is 4.79 Å². The van der Waals surface area contributed by atoms with Gasteiger partial charge in [0.25, 0.3) is 0 Å². The van der Waals surface area contributed by atoms with Crippen LogP contribution in [-0.4, -0.2) is 29.1 Å². The van der Waals surface area contributed by atoms with Crippen LogP contribution in [0.25, 0.3) is 11.0 Å². The minimum atomic E-state index is -0.349. The summed E-state index contributed by atoms with van der Waals surface area (Å²) < 4.78 is 11.3. The van der Waals surface area contributed by atoms with E-state index in [9.17, 15) is 4.79 Å². The molecule has 1 aliphatic rings. The molecule has 2 atom stereocenters. The van der Waals surface area contributed by atoms with Crippen molar-refractivity contribution >= 4 is 16.9 Å². The van der Waals surface area contributed by atoms with Crippen molar-refractivity contribution in [3.8, 4) is 11.5 Å². The maximum absolute atomic E-state index is 13.3. The quantitative estimate of drug-likeness (QED) is 0.510. The molecule has 0 aliphatic carbocycles. The Hall–Kier alpha value is -3.80. The number of aromatic amines is 1. The van der Waals surface area contributed by atoms with Crippen LogP contribution >= 0.6 is 0 Å². The highest BCUT2D eigenvalue weighted by atomic mass is 16.6. The summed E-state index contributed by atoms with van der Waals surface area (Å²) in [4.78, 5) is 20.7. The molecule has 31 heavy (non-hydrogen) atoms. The average molecular weight is 413 g/mol. The minimum absolute atomic E-state index is 0.0600. The first-order chi connectivity index (χ1) is 15.2. The smallest absolute Gasteiger partial charge is 0.228 e. The molecule has 2 N–H and O–H groups in total. The van der Waals surface area contributed by atoms with Gasteiger partial charge in [-0.25, -0.2) is 4.98 Å². The first-order valence-electron chi connectivity index (χ1n) is 10.4. The zero-order valence-corrected chi connectivity index (χ0v) is 17.2. The predicted molar refractivity (Wildman–Crippen MR) is 118 cm³/mol. The second kappa shape index (κ2) is 8.14. The van der Waals surface area contributed by atoms with Gasteiger partial charge in [0.15, 0.2) is 11.5 Å². The third kappa shape index (κ3) is 3.84. The molecule has 1 aromatic heterocycles. The van der Waals surface area contributed by atoms with Gasteiger partial charge >= 0.3 is 0 Å². The molecule has 5 rings (SSSR count). The number of fused-ring (bicyclic) bond motifs is 2. The highest BCUT2D eigenvalue weighted by Gasteiger charge is 2.23. The normalized spacial score (nSPS) is 14.7. The molecule has 4 aromatic rings. The lowest BCUT2D eigenvalue weighted by molar-refractivity contribution is -0.122. The van der Waals surface area contributed by atoms with Crippen LogP contribution in [0.4, 0.5) is 0 Å². The minimum Gasteiger partial charge on any atom is -0.486 e. The highest BCUT2D eigenvalue weighted by Crippen LogP contribution is 2.33. The van der Waals surface area contributed by atoms with E-state index >= 15 is 0 Å². The molecular weight excluding hydrogens is 390 g/mol. The maximum atomic E-state index is 13.3. The number of carbonyl (C=O) groups excluding carboxylic acids is 1. The van der Waals surface area contributed by atoms with Gasteiger partial charge < -0.3 is 19.8 Å². The Kier molecular flexibility index (Phi) is 5.04. The molecule has 0 radical (unpaired) electrons. The van der Waals surface area contributed by atoms with Gasteiger partial charge in [0, 0.05) is 0 Å². The maximum Gasteiger partial charge on any atom is 0.228 e. The van der Waals surface area contributed by atoms with Gasteiger partial charge in [-0.3, -0.25) is 4.79 Å². The van der Waals surface area contributed by atoms with E-state index in [0.29, 0.717) is 19.0 Å². The number of ether oxygens (including phenoxy) is 2. The number of benzene rings is 3. The van der Waals surface area contributed by atoms with Crippen molar-refractivity contribution in [3.63, 3.8) is 0 Å². The molecule has 0 saturated heterocycles. The lowest BCUT2D eigenvalue weighted by atomic mass is 9.95. The fourth-order valence-electron chi connectivity index (χ4n) is 3.89. The predicted octanol–water partition coefficient (Wildman–Crippen LogP) is 4.34. The molecular formula is C25H23N3O3. The van der Waals surface area contributed by atoms with Gasteiger partial charge in [-0.2, -0.15) is 0 Å². The van der Waals surface area contributed by atoms with Crippen molar-refractivity contribution in [2.45, 2.75) is 18.9 Å². The summed E-state index contributed by atoms with van der Waals surface area (Å²) in [7, 11) is 0. The van der Waals surface area contributed by atoms with Crippen LogP contribution in [0.1, 0.15) is 35.6 Å². The number of H-pyrrole nitrogens is 1. The zero-order chi connectivity index (χ0) is 21.2. The molecule has 1 aliphatic heterocycles. The standard InChI is InChI=1S/C25H23N3O3/c1-16(18-8-10-22-23(14-18)31-12-11-30-22)25(29)28-24(17-5-3-2-4-6-17)19-7-9-20-21(13-19)27-15-26-20/h2-10,13-16,24H,11-12H2,1H3,(H,26,27)(H,28,29). The van der Waals surface area contributed by atoms with E-state index in [2.05, 4.69) is 15.3 Å². The number of hydrogen-bond acceptors (Lipinski definition) is 4. The number of hydrogen-bond donors (Lipinski definition) is 2. The SMILES string of the molecule is CC(C(=O)NC(c1ccccc1)c1ccc2nc[nH]c2c1)c1ccc2c(c1)OCCO2. The van der Waals surface area contributed by atoms with Crippen molar-refractivity contribution in [1.29, 1.82) is 0 Å². The summed E-state index contributed by atoms with van der Waals surface area (Å²) in [5, 5.41) is 3.24. The number of rotatable bonds is 5. The fraction of sp³-hybridized carbons (Fsp3) is 0.200. The van der Waals surface area contributed by atoms with Gasteiger partial charge in [-0.05, 0) is 47.9 Å². The van der Waals surface area contributed by atoms with Crippen LogP contribution in [0.5, 0.6) is 11.5 Å². The van der Waals surface area contributed by atoms with E-state index in [1.165, 1.54) is 0 Å². The molecule has 6 nitrogen and oxygen atoms in total. The second-order valence-electron chi connectivity index (χ2n) is 7.66. The van der Waals surface area contributed by atoms with Crippen molar-refractivity contribution in [2.24, 2.45) is 0 Å². The first kappa shape index (κ1) is 19.2. The monoisotopic (exact) mass is 413 g/mol. The Morgan fingerprint density at radius 2 is 1.71 bits per heavy atom. The third-order valence-electron chi connectivity index (χ3n) is 5.66. The summed E-state index contributed by atoms with van der Waals surface area (Å²) in [6, 6.07) is 21.4. The van der Waals surface area contributed by atoms with Crippen molar-refractivity contribution < 1.29 is 14.3 Å². The van der Waals surface area contributed by atoms with Gasteiger partial charge in [0.1, 0.15) is 13.2 Å². The largest absolute Gasteiger partial charge is 0.486 e.